The van der Waals surface area contributed by atoms with Gasteiger partial charge in [-0.15, -0.1) is 0 Å². The Kier molecular flexibility index (Phi) is 10.9. The lowest BCUT2D eigenvalue weighted by Crippen LogP contribution is -2.43. The van der Waals surface area contributed by atoms with E-state index in [1.807, 2.05) is 38.1 Å². The first-order chi connectivity index (χ1) is 23.2. The van der Waals surface area contributed by atoms with Crippen molar-refractivity contribution in [2.24, 2.45) is 4.99 Å². The highest BCUT2D eigenvalue weighted by Crippen LogP contribution is 2.38. The second-order valence-corrected chi connectivity index (χ2v) is 12.9. The molecule has 0 radical (unpaired) electrons. The average Bonchev–Trinajstić information content (AvgIpc) is 3.40. The molecular weight excluding hydrogens is 743 g/mol. The Hall–Kier alpha value is -4.61. The summed E-state index contributed by atoms with van der Waals surface area (Å²) in [6.45, 7) is 6.84. The van der Waals surface area contributed by atoms with Crippen LogP contribution < -0.4 is 33.8 Å². The summed E-state index contributed by atoms with van der Waals surface area (Å²) in [5.41, 5.74) is 3.28. The maximum Gasteiger partial charge on any atom is 0.271 e. The summed E-state index contributed by atoms with van der Waals surface area (Å²) in [6.07, 6.45) is 1.79. The van der Waals surface area contributed by atoms with Crippen LogP contribution in [0.2, 0.25) is 0 Å². The molecule has 12 heteroatoms. The van der Waals surface area contributed by atoms with E-state index >= 15 is 0 Å². The van der Waals surface area contributed by atoms with Crippen LogP contribution in [0.3, 0.4) is 0 Å². The number of carbonyl (C=O) groups excluding carboxylic acids is 1. The van der Waals surface area contributed by atoms with Crippen molar-refractivity contribution in [3.05, 3.63) is 111 Å². The minimum Gasteiger partial charge on any atom is -0.497 e. The number of carbonyl (C=O) groups is 1. The van der Waals surface area contributed by atoms with Crippen molar-refractivity contribution in [3.63, 3.8) is 0 Å². The highest BCUT2D eigenvalue weighted by Gasteiger charge is 2.36. The zero-order valence-corrected chi connectivity index (χ0v) is 30.5. The Morgan fingerprint density at radius 2 is 1.79 bits per heavy atom. The molecule has 0 unspecified atom stereocenters. The second kappa shape index (κ2) is 15.1. The maximum atomic E-state index is 14.3. The van der Waals surface area contributed by atoms with E-state index < -0.39 is 6.04 Å². The Balaban J connectivity index is 1.64. The summed E-state index contributed by atoms with van der Waals surface area (Å²) < 4.78 is 25.9. The first-order valence-corrected chi connectivity index (χ1v) is 17.1. The lowest BCUT2D eigenvalue weighted by molar-refractivity contribution is -0.127. The summed E-state index contributed by atoms with van der Waals surface area (Å²) in [6, 6.07) is 17.7. The van der Waals surface area contributed by atoms with Crippen molar-refractivity contribution in [2.75, 3.05) is 34.4 Å². The third kappa shape index (κ3) is 6.70. The molecular formula is C36H35IN4O6S. The molecule has 0 saturated carbocycles. The summed E-state index contributed by atoms with van der Waals surface area (Å²) >= 11 is 3.41. The third-order valence-electron chi connectivity index (χ3n) is 8.09. The van der Waals surface area contributed by atoms with Gasteiger partial charge in [-0.25, -0.2) is 4.99 Å². The van der Waals surface area contributed by atoms with Gasteiger partial charge in [0.15, 0.2) is 16.3 Å². The number of allylic oxidation sites excluding steroid dienone is 1. The number of thiazole rings is 1. The molecule has 1 aliphatic rings. The fourth-order valence-corrected chi connectivity index (χ4v) is 7.47. The van der Waals surface area contributed by atoms with E-state index in [-0.39, 0.29) is 18.1 Å². The van der Waals surface area contributed by atoms with E-state index in [0.29, 0.717) is 67.8 Å². The van der Waals surface area contributed by atoms with Crippen molar-refractivity contribution < 1.29 is 23.7 Å². The number of methoxy groups -OCH3 is 3. The maximum absolute atomic E-state index is 14.3. The van der Waals surface area contributed by atoms with E-state index in [0.717, 1.165) is 14.7 Å². The number of fused-ring (bicyclic) bond motifs is 1. The van der Waals surface area contributed by atoms with Crippen LogP contribution in [0.15, 0.2) is 75.7 Å². The Labute approximate surface area is 296 Å². The van der Waals surface area contributed by atoms with Crippen molar-refractivity contribution in [2.45, 2.75) is 33.4 Å². The van der Waals surface area contributed by atoms with Crippen molar-refractivity contribution in [3.8, 4) is 29.1 Å². The molecule has 0 N–H and O–H groups in total. The van der Waals surface area contributed by atoms with Crippen LogP contribution in [0.5, 0.6) is 23.0 Å². The van der Waals surface area contributed by atoms with Gasteiger partial charge in [0.1, 0.15) is 24.1 Å². The number of nitriles is 1. The second-order valence-electron chi connectivity index (χ2n) is 10.8. The molecule has 0 saturated heterocycles. The van der Waals surface area contributed by atoms with E-state index in [4.69, 9.17) is 23.9 Å². The highest BCUT2D eigenvalue weighted by molar-refractivity contribution is 14.1. The van der Waals surface area contributed by atoms with Gasteiger partial charge in [0.05, 0.1) is 52.3 Å². The van der Waals surface area contributed by atoms with Gasteiger partial charge in [0.25, 0.3) is 11.5 Å². The molecule has 248 valence electrons. The Morgan fingerprint density at radius 1 is 1.06 bits per heavy atom. The van der Waals surface area contributed by atoms with Gasteiger partial charge in [-0.3, -0.25) is 14.2 Å². The van der Waals surface area contributed by atoms with Gasteiger partial charge in [-0.1, -0.05) is 29.5 Å². The molecule has 0 bridgehead atoms. The van der Waals surface area contributed by atoms with Crippen molar-refractivity contribution >= 4 is 45.9 Å². The molecule has 1 atom stereocenters. The lowest BCUT2D eigenvalue weighted by atomic mass is 9.93. The summed E-state index contributed by atoms with van der Waals surface area (Å²) in [5.74, 6) is 1.90. The number of halogens is 1. The van der Waals surface area contributed by atoms with Crippen LogP contribution in [0.25, 0.3) is 6.08 Å². The number of nitrogens with zero attached hydrogens (tertiary/aromatic N) is 4. The molecule has 10 nitrogen and oxygen atoms in total. The standard InChI is InChI=1S/C36H35IN4O6S/c1-7-40(8-2)35(43)31-21(3)39-36-41(32(31)26-18-25(44-4)13-14-28(26)45-5)34(42)30(48-36)17-22-15-27(37)33(29(16-22)46-6)47-20-24-12-10-9-11-23(24)19-38/h9-18,32H,7-8,20H2,1-6H3/b30-17+/t32-/m1/s1. The smallest absolute Gasteiger partial charge is 0.271 e. The predicted octanol–water partition coefficient (Wildman–Crippen LogP) is 5.18. The van der Waals surface area contributed by atoms with Crippen LogP contribution in [0.4, 0.5) is 0 Å². The molecule has 1 aromatic heterocycles. The van der Waals surface area contributed by atoms with Gasteiger partial charge in [-0.05, 0) is 91.4 Å². The first kappa shape index (κ1) is 34.7. The van der Waals surface area contributed by atoms with Gasteiger partial charge in [-0.2, -0.15) is 5.26 Å². The van der Waals surface area contributed by atoms with E-state index in [9.17, 15) is 14.9 Å². The van der Waals surface area contributed by atoms with Gasteiger partial charge in [0.2, 0.25) is 0 Å². The lowest BCUT2D eigenvalue weighted by Gasteiger charge is -2.30. The topological polar surface area (TPSA) is 115 Å². The summed E-state index contributed by atoms with van der Waals surface area (Å²) in [7, 11) is 4.68. The fourth-order valence-electron chi connectivity index (χ4n) is 5.64. The van der Waals surface area contributed by atoms with E-state index in [1.54, 1.807) is 74.1 Å². The Morgan fingerprint density at radius 3 is 2.46 bits per heavy atom. The normalized spacial score (nSPS) is 14.1. The number of benzene rings is 3. The zero-order chi connectivity index (χ0) is 34.5. The van der Waals surface area contributed by atoms with Gasteiger partial charge < -0.3 is 23.8 Å². The molecule has 4 aromatic rings. The highest BCUT2D eigenvalue weighted by atomic mass is 127. The number of amides is 1. The van der Waals surface area contributed by atoms with Crippen LogP contribution in [0, 0.1) is 14.9 Å². The monoisotopic (exact) mass is 778 g/mol. The minimum absolute atomic E-state index is 0.190. The van der Waals surface area contributed by atoms with Gasteiger partial charge in [0, 0.05) is 24.2 Å². The number of hydrogen-bond donors (Lipinski definition) is 0. The Bertz CT molecular complexity index is 2130. The number of aromatic nitrogens is 1. The molecule has 48 heavy (non-hydrogen) atoms. The molecule has 0 aliphatic carbocycles. The molecule has 0 fully saturated rings. The predicted molar refractivity (Wildman–Crippen MR) is 192 cm³/mol. The first-order valence-electron chi connectivity index (χ1n) is 15.2. The average molecular weight is 779 g/mol. The molecule has 0 spiro atoms. The number of likely N-dealkylation sites (N-methyl/N-ethyl adjacent to an activating group) is 1. The third-order valence-corrected chi connectivity index (χ3v) is 9.88. The number of hydrogen-bond acceptors (Lipinski definition) is 9. The molecule has 2 heterocycles. The number of rotatable bonds is 11. The van der Waals surface area contributed by atoms with E-state index in [2.05, 4.69) is 28.7 Å². The molecule has 1 amide bonds. The summed E-state index contributed by atoms with van der Waals surface area (Å²) in [5, 5.41) is 9.46. The fraction of sp³-hybridized carbons (Fsp3) is 0.278. The van der Waals surface area contributed by atoms with Crippen LogP contribution >= 0.6 is 33.9 Å². The largest absolute Gasteiger partial charge is 0.497 e. The molecule has 3 aromatic carbocycles. The quantitative estimate of drug-likeness (QED) is 0.193. The SMILES string of the molecule is CCN(CC)C(=O)C1=C(C)N=c2s/c(=C/c3cc(I)c(OCc4ccccc4C#N)c(OC)c3)c(=O)n2[C@@H]1c1cc(OC)ccc1OC. The van der Waals surface area contributed by atoms with Crippen LogP contribution in [-0.4, -0.2) is 49.8 Å². The zero-order valence-electron chi connectivity index (χ0n) is 27.5. The van der Waals surface area contributed by atoms with Crippen LogP contribution in [0.1, 0.15) is 49.1 Å². The van der Waals surface area contributed by atoms with Crippen molar-refractivity contribution in [1.82, 2.24) is 9.47 Å². The molecule has 1 aliphatic heterocycles. The van der Waals surface area contributed by atoms with Crippen LogP contribution in [-0.2, 0) is 11.4 Å². The number of ether oxygens (including phenoxy) is 4. The van der Waals surface area contributed by atoms with E-state index in [1.165, 1.54) is 11.3 Å². The van der Waals surface area contributed by atoms with Crippen molar-refractivity contribution in [1.29, 1.82) is 5.26 Å². The minimum atomic E-state index is -0.803. The van der Waals surface area contributed by atoms with Gasteiger partial charge >= 0.3 is 0 Å². The molecule has 5 rings (SSSR count). The summed E-state index contributed by atoms with van der Waals surface area (Å²) in [4.78, 5) is 35.3.